The lowest BCUT2D eigenvalue weighted by molar-refractivity contribution is -0.291. The summed E-state index contributed by atoms with van der Waals surface area (Å²) >= 11 is 0. The third-order valence-electron chi connectivity index (χ3n) is 7.77. The molecule has 0 aliphatic carbocycles. The minimum Gasteiger partial charge on any atom is -0.388 e. The molecule has 6 N–H and O–H groups in total. The van der Waals surface area contributed by atoms with E-state index in [2.05, 4.69) is 64.2 Å². The predicted octanol–water partition coefficient (Wildman–Crippen LogP) is 1.46. The Bertz CT molecular complexity index is 1350. The fourth-order valence-corrected chi connectivity index (χ4v) is 5.38. The number of nitrogens with one attached hydrogen (secondary N) is 3. The van der Waals surface area contributed by atoms with Crippen LogP contribution in [0.2, 0.25) is 0 Å². The molecule has 2 fully saturated rings. The van der Waals surface area contributed by atoms with Gasteiger partial charge in [-0.2, -0.15) is 5.26 Å². The van der Waals surface area contributed by atoms with E-state index in [9.17, 15) is 20.6 Å². The molecule has 2 aromatic carbocycles. The van der Waals surface area contributed by atoms with Crippen LogP contribution in [-0.2, 0) is 9.47 Å². The molecule has 0 spiro atoms. The van der Waals surface area contributed by atoms with E-state index in [0.29, 0.717) is 17.8 Å². The molecule has 3 aliphatic rings. The average Bonchev–Trinajstić information content (AvgIpc) is 3.46. The van der Waals surface area contributed by atoms with Gasteiger partial charge in [-0.3, -0.25) is 5.01 Å². The van der Waals surface area contributed by atoms with Crippen LogP contribution in [-0.4, -0.2) is 84.3 Å². The second kappa shape index (κ2) is 12.9. The van der Waals surface area contributed by atoms with Crippen LogP contribution in [0.25, 0.3) is 16.8 Å². The SMILES string of the molecule is C=C(NCC1=CN(CC2OC(OC)C(O)C(O)C2O)NN1)/C(C#N)=C/c1ccc2cc(N3CCCCC3)ccc2c1. The van der Waals surface area contributed by atoms with Gasteiger partial charge in [0.25, 0.3) is 0 Å². The minimum absolute atomic E-state index is 0.174. The maximum Gasteiger partial charge on any atom is 0.186 e. The van der Waals surface area contributed by atoms with Crippen molar-refractivity contribution in [2.24, 2.45) is 0 Å². The van der Waals surface area contributed by atoms with Crippen LogP contribution < -0.4 is 21.2 Å². The second-order valence-electron chi connectivity index (χ2n) is 10.6. The standard InChI is InChI=1S/C30H38N6O5/c1-19(32-16-24-17-36(34-33-24)18-26-27(37)28(38)29(39)30(40-2)41-26)23(15-31)13-20-6-7-22-14-25(9-8-21(22)12-20)35-10-4-3-5-11-35/h6-9,12-14,17,26-30,32-34,37-39H,1,3-5,10-11,16,18H2,2H3/b23-13+. The normalized spacial score (nSPS) is 26.9. The second-order valence-corrected chi connectivity index (χ2v) is 10.6. The highest BCUT2D eigenvalue weighted by Crippen LogP contribution is 2.27. The molecule has 0 saturated carbocycles. The van der Waals surface area contributed by atoms with E-state index >= 15 is 0 Å². The molecular weight excluding hydrogens is 524 g/mol. The lowest BCUT2D eigenvalue weighted by atomic mass is 9.99. The Morgan fingerprint density at radius 1 is 1.12 bits per heavy atom. The van der Waals surface area contributed by atoms with Crippen LogP contribution in [0.1, 0.15) is 24.8 Å². The van der Waals surface area contributed by atoms with Crippen LogP contribution >= 0.6 is 0 Å². The molecule has 5 atom stereocenters. The van der Waals surface area contributed by atoms with Gasteiger partial charge < -0.3 is 40.4 Å². The van der Waals surface area contributed by atoms with Crippen molar-refractivity contribution in [2.75, 3.05) is 38.2 Å². The summed E-state index contributed by atoms with van der Waals surface area (Å²) in [4.78, 5) is 2.45. The largest absolute Gasteiger partial charge is 0.388 e. The number of nitrogens with zero attached hydrogens (tertiary/aromatic N) is 3. The highest BCUT2D eigenvalue weighted by atomic mass is 16.7. The van der Waals surface area contributed by atoms with Crippen LogP contribution in [0.4, 0.5) is 5.69 Å². The number of rotatable bonds is 9. The number of aliphatic hydroxyl groups excluding tert-OH is 3. The molecule has 5 unspecified atom stereocenters. The van der Waals surface area contributed by atoms with Gasteiger partial charge >= 0.3 is 0 Å². The Morgan fingerprint density at radius 3 is 2.63 bits per heavy atom. The van der Waals surface area contributed by atoms with Crippen LogP contribution in [0.15, 0.2) is 66.1 Å². The summed E-state index contributed by atoms with van der Waals surface area (Å²) in [5.74, 6) is 0. The number of allylic oxidation sites excluding steroid dienone is 1. The summed E-state index contributed by atoms with van der Waals surface area (Å²) in [6.07, 6.45) is 1.51. The van der Waals surface area contributed by atoms with Gasteiger partial charge in [0, 0.05) is 37.8 Å². The number of benzene rings is 2. The number of nitriles is 1. The van der Waals surface area contributed by atoms with Crippen molar-refractivity contribution in [1.29, 1.82) is 5.26 Å². The van der Waals surface area contributed by atoms with Gasteiger partial charge in [-0.1, -0.05) is 24.8 Å². The van der Waals surface area contributed by atoms with Gasteiger partial charge in [0.05, 0.1) is 24.4 Å². The first-order valence-corrected chi connectivity index (χ1v) is 13.9. The Morgan fingerprint density at radius 2 is 1.88 bits per heavy atom. The van der Waals surface area contributed by atoms with E-state index in [-0.39, 0.29) is 6.54 Å². The van der Waals surface area contributed by atoms with Gasteiger partial charge in [-0.05, 0) is 59.9 Å². The van der Waals surface area contributed by atoms with Gasteiger partial charge in [-0.15, -0.1) is 5.53 Å². The molecule has 3 aliphatic heterocycles. The number of aliphatic hydroxyl groups is 3. The van der Waals surface area contributed by atoms with Crippen molar-refractivity contribution in [3.05, 3.63) is 71.7 Å². The summed E-state index contributed by atoms with van der Waals surface area (Å²) in [6, 6.07) is 15.0. The molecule has 0 amide bonds. The molecule has 11 heteroatoms. The highest BCUT2D eigenvalue weighted by Gasteiger charge is 2.44. The molecule has 0 radical (unpaired) electrons. The van der Waals surface area contributed by atoms with Crippen molar-refractivity contribution >= 4 is 22.5 Å². The van der Waals surface area contributed by atoms with Crippen molar-refractivity contribution < 1.29 is 24.8 Å². The first-order chi connectivity index (χ1) is 19.9. The van der Waals surface area contributed by atoms with Crippen molar-refractivity contribution in [1.82, 2.24) is 21.3 Å². The summed E-state index contributed by atoms with van der Waals surface area (Å²) in [5, 5.41) is 47.3. The average molecular weight is 563 g/mol. The van der Waals surface area contributed by atoms with Gasteiger partial charge in [0.1, 0.15) is 30.5 Å². The monoisotopic (exact) mass is 562 g/mol. The van der Waals surface area contributed by atoms with E-state index in [1.807, 2.05) is 12.1 Å². The molecule has 2 aromatic rings. The topological polar surface area (TPSA) is 146 Å². The highest BCUT2D eigenvalue weighted by molar-refractivity contribution is 5.88. The molecule has 11 nitrogen and oxygen atoms in total. The van der Waals surface area contributed by atoms with E-state index in [1.54, 1.807) is 11.2 Å². The minimum atomic E-state index is -1.39. The number of hydrogen-bond donors (Lipinski definition) is 6. The van der Waals surface area contributed by atoms with Crippen molar-refractivity contribution in [3.63, 3.8) is 0 Å². The van der Waals surface area contributed by atoms with Crippen LogP contribution in [0.3, 0.4) is 0 Å². The fraction of sp³-hybridized carbons (Fsp3) is 0.433. The van der Waals surface area contributed by atoms with Gasteiger partial charge in [0.2, 0.25) is 0 Å². The summed E-state index contributed by atoms with van der Waals surface area (Å²) in [7, 11) is 1.36. The van der Waals surface area contributed by atoms with Crippen LogP contribution in [0.5, 0.6) is 0 Å². The van der Waals surface area contributed by atoms with E-state index < -0.39 is 30.7 Å². The lowest BCUT2D eigenvalue weighted by Crippen LogP contribution is -2.60. The number of ether oxygens (including phenoxy) is 2. The third kappa shape index (κ3) is 6.65. The molecule has 5 rings (SSSR count). The number of hydrogen-bond acceptors (Lipinski definition) is 11. The Hall–Kier alpha value is -3.63. The first kappa shape index (κ1) is 28.9. The maximum atomic E-state index is 10.3. The number of fused-ring (bicyclic) bond motifs is 1. The summed E-state index contributed by atoms with van der Waals surface area (Å²) < 4.78 is 10.7. The van der Waals surface area contributed by atoms with E-state index in [4.69, 9.17) is 9.47 Å². The van der Waals surface area contributed by atoms with Gasteiger partial charge in [0.15, 0.2) is 6.29 Å². The number of anilines is 1. The first-order valence-electron chi connectivity index (χ1n) is 13.9. The fourth-order valence-electron chi connectivity index (χ4n) is 5.38. The zero-order chi connectivity index (χ0) is 28.9. The van der Waals surface area contributed by atoms with Crippen molar-refractivity contribution in [3.8, 4) is 6.07 Å². The maximum absolute atomic E-state index is 10.3. The molecule has 0 bridgehead atoms. The molecule has 3 heterocycles. The lowest BCUT2D eigenvalue weighted by Gasteiger charge is -2.40. The molecule has 41 heavy (non-hydrogen) atoms. The number of methoxy groups -OCH3 is 1. The molecule has 0 aromatic heterocycles. The Kier molecular flexibility index (Phi) is 9.09. The Balaban J connectivity index is 1.18. The zero-order valence-corrected chi connectivity index (χ0v) is 23.2. The van der Waals surface area contributed by atoms with E-state index in [0.717, 1.165) is 29.7 Å². The smallest absolute Gasteiger partial charge is 0.186 e. The third-order valence-corrected chi connectivity index (χ3v) is 7.77. The summed E-state index contributed by atoms with van der Waals surface area (Å²) in [6.45, 7) is 6.79. The molecule has 218 valence electrons. The van der Waals surface area contributed by atoms with Crippen molar-refractivity contribution in [2.45, 2.75) is 50.0 Å². The van der Waals surface area contributed by atoms with Gasteiger partial charge in [-0.25, -0.2) is 0 Å². The summed E-state index contributed by atoms with van der Waals surface area (Å²) in [5.41, 5.74) is 9.81. The molecular formula is C30H38N6O5. The zero-order valence-electron chi connectivity index (χ0n) is 23.2. The van der Waals surface area contributed by atoms with E-state index in [1.165, 1.54) is 37.4 Å². The van der Waals surface area contributed by atoms with Crippen LogP contribution in [0, 0.1) is 11.3 Å². The molecule has 2 saturated heterocycles. The predicted molar refractivity (Wildman–Crippen MR) is 155 cm³/mol. The number of piperidine rings is 1. The quantitative estimate of drug-likeness (QED) is 0.195. The Labute approximate surface area is 239 Å². The number of hydrazine groups is 2.